The maximum absolute atomic E-state index is 13.1. The van der Waals surface area contributed by atoms with Crippen LogP contribution >= 0.6 is 34.4 Å². The summed E-state index contributed by atoms with van der Waals surface area (Å²) in [5.74, 6) is -0.0840. The molecule has 4 rings (SSSR count). The van der Waals surface area contributed by atoms with Crippen molar-refractivity contribution in [2.75, 3.05) is 22.6 Å². The van der Waals surface area contributed by atoms with E-state index in [1.54, 1.807) is 84.6 Å². The molecule has 2 amide bonds. The summed E-state index contributed by atoms with van der Waals surface area (Å²) in [6.07, 6.45) is 1.81. The molecule has 0 fully saturated rings. The fourth-order valence-electron chi connectivity index (χ4n) is 3.82. The number of benzene rings is 4. The molecule has 0 unspecified atom stereocenters. The minimum Gasteiger partial charge on any atom is -0.508 e. The highest BCUT2D eigenvalue weighted by Crippen LogP contribution is 2.34. The highest BCUT2D eigenvalue weighted by molar-refractivity contribution is 14.1. The van der Waals surface area contributed by atoms with Crippen molar-refractivity contribution in [1.82, 2.24) is 0 Å². The van der Waals surface area contributed by atoms with Crippen molar-refractivity contribution >= 4 is 63.4 Å². The molecule has 0 saturated heterocycles. The van der Waals surface area contributed by atoms with Gasteiger partial charge in [-0.15, -0.1) is 11.8 Å². The second-order valence-electron chi connectivity index (χ2n) is 8.71. The smallest absolute Gasteiger partial charge is 0.412 e. The SMILES string of the molecule is CSc1ccc(NC(=O)O[C@H](c2cc(I)ccc2O)[C@@H](/C=C/C(=O)Nc2ccccc2N)Oc2ccccc2)cc1. The van der Waals surface area contributed by atoms with Crippen molar-refractivity contribution in [2.24, 2.45) is 0 Å². The average molecular weight is 682 g/mol. The highest BCUT2D eigenvalue weighted by atomic mass is 127. The first-order valence-electron chi connectivity index (χ1n) is 12.5. The van der Waals surface area contributed by atoms with Crippen LogP contribution in [0.15, 0.2) is 114 Å². The van der Waals surface area contributed by atoms with Gasteiger partial charge in [0.25, 0.3) is 0 Å². The molecule has 0 spiro atoms. The van der Waals surface area contributed by atoms with Crippen LogP contribution in [0, 0.1) is 3.57 Å². The zero-order valence-corrected chi connectivity index (χ0v) is 25.0. The van der Waals surface area contributed by atoms with E-state index in [0.717, 1.165) is 8.47 Å². The van der Waals surface area contributed by atoms with Gasteiger partial charge >= 0.3 is 6.09 Å². The fourth-order valence-corrected chi connectivity index (χ4v) is 4.75. The van der Waals surface area contributed by atoms with Crippen molar-refractivity contribution in [3.8, 4) is 11.5 Å². The van der Waals surface area contributed by atoms with Gasteiger partial charge in [0, 0.05) is 25.8 Å². The van der Waals surface area contributed by atoms with E-state index in [4.69, 9.17) is 15.2 Å². The predicted molar refractivity (Wildman–Crippen MR) is 171 cm³/mol. The standard InChI is InChI=1S/C31H28IN3O5S/c1-41-23-14-12-21(13-15-23)34-31(38)40-30(24-19-20(32)11-16-27(24)36)28(39-22-7-3-2-4-8-22)17-18-29(37)35-26-10-6-5-9-25(26)33/h2-19,28,30,36H,33H2,1H3,(H,34,38)(H,35,37)/b18-17+/t28-,30-/m1/s1. The van der Waals surface area contributed by atoms with Crippen molar-refractivity contribution in [3.05, 3.63) is 118 Å². The summed E-state index contributed by atoms with van der Waals surface area (Å²) in [7, 11) is 0. The molecule has 8 nitrogen and oxygen atoms in total. The Morgan fingerprint density at radius 1 is 0.951 bits per heavy atom. The van der Waals surface area contributed by atoms with Gasteiger partial charge in [-0.3, -0.25) is 10.1 Å². The van der Waals surface area contributed by atoms with Crippen LogP contribution in [0.5, 0.6) is 11.5 Å². The molecule has 41 heavy (non-hydrogen) atoms. The maximum atomic E-state index is 13.1. The van der Waals surface area contributed by atoms with Gasteiger partial charge in [0.05, 0.1) is 11.4 Å². The zero-order chi connectivity index (χ0) is 29.2. The van der Waals surface area contributed by atoms with Crippen LogP contribution in [0.3, 0.4) is 0 Å². The first kappa shape index (κ1) is 29.8. The third-order valence-electron chi connectivity index (χ3n) is 5.84. The van der Waals surface area contributed by atoms with E-state index in [9.17, 15) is 14.7 Å². The van der Waals surface area contributed by atoms with Gasteiger partial charge in [0.1, 0.15) is 11.5 Å². The van der Waals surface area contributed by atoms with Gasteiger partial charge in [-0.05, 0) is 102 Å². The number of aromatic hydroxyl groups is 1. The molecule has 0 heterocycles. The molecule has 2 atom stereocenters. The summed E-state index contributed by atoms with van der Waals surface area (Å²) >= 11 is 3.69. The molecule has 0 saturated carbocycles. The number of halogens is 1. The molecule has 210 valence electrons. The number of rotatable bonds is 10. The number of nitrogens with two attached hydrogens (primary N) is 1. The number of para-hydroxylation sites is 3. The van der Waals surface area contributed by atoms with Crippen molar-refractivity contribution < 1.29 is 24.2 Å². The van der Waals surface area contributed by atoms with Crippen molar-refractivity contribution in [2.45, 2.75) is 17.1 Å². The number of ether oxygens (including phenoxy) is 2. The summed E-state index contributed by atoms with van der Waals surface area (Å²) < 4.78 is 12.9. The molecule has 10 heteroatoms. The Morgan fingerprint density at radius 3 is 2.37 bits per heavy atom. The number of carbonyl (C=O) groups excluding carboxylic acids is 2. The lowest BCUT2D eigenvalue weighted by molar-refractivity contribution is -0.112. The molecule has 0 bridgehead atoms. The second kappa shape index (κ2) is 14.5. The summed E-state index contributed by atoms with van der Waals surface area (Å²) in [6.45, 7) is 0. The second-order valence-corrected chi connectivity index (χ2v) is 10.8. The van der Waals surface area contributed by atoms with Crippen molar-refractivity contribution in [1.29, 1.82) is 0 Å². The molecule has 0 radical (unpaired) electrons. The van der Waals surface area contributed by atoms with E-state index in [1.807, 2.05) is 24.5 Å². The van der Waals surface area contributed by atoms with Gasteiger partial charge in [-0.2, -0.15) is 0 Å². The van der Waals surface area contributed by atoms with E-state index >= 15 is 0 Å². The minimum atomic E-state index is -1.14. The van der Waals surface area contributed by atoms with E-state index in [0.29, 0.717) is 28.4 Å². The number of nitrogen functional groups attached to an aromatic ring is 1. The Hall–Kier alpha value is -4.16. The number of amides is 2. The first-order valence-corrected chi connectivity index (χ1v) is 14.8. The Bertz CT molecular complexity index is 1520. The quantitative estimate of drug-likeness (QED) is 0.0603. The largest absolute Gasteiger partial charge is 0.508 e. The van der Waals surface area contributed by atoms with E-state index in [-0.39, 0.29) is 5.75 Å². The average Bonchev–Trinajstić information content (AvgIpc) is 2.97. The van der Waals surface area contributed by atoms with Crippen LogP contribution < -0.4 is 21.1 Å². The van der Waals surface area contributed by atoms with Crippen molar-refractivity contribution in [3.63, 3.8) is 0 Å². The van der Waals surface area contributed by atoms with Crippen LogP contribution in [-0.2, 0) is 9.53 Å². The number of hydrogen-bond donors (Lipinski definition) is 4. The van der Waals surface area contributed by atoms with E-state index in [2.05, 4.69) is 33.2 Å². The number of carbonyl (C=O) groups is 2. The first-order chi connectivity index (χ1) is 19.8. The van der Waals surface area contributed by atoms with Crippen LogP contribution in [-0.4, -0.2) is 29.5 Å². The highest BCUT2D eigenvalue weighted by Gasteiger charge is 2.30. The van der Waals surface area contributed by atoms with Crippen LogP contribution in [0.4, 0.5) is 21.9 Å². The monoisotopic (exact) mass is 681 g/mol. The third-order valence-corrected chi connectivity index (χ3v) is 7.25. The molecule has 0 aromatic heterocycles. The normalized spacial score (nSPS) is 12.3. The summed E-state index contributed by atoms with van der Waals surface area (Å²) in [5, 5.41) is 16.2. The van der Waals surface area contributed by atoms with Crippen LogP contribution in [0.1, 0.15) is 11.7 Å². The Morgan fingerprint density at radius 2 is 1.66 bits per heavy atom. The molecule has 0 aliphatic heterocycles. The van der Waals surface area contributed by atoms with Crippen LogP contribution in [0.25, 0.3) is 0 Å². The molecule has 0 aliphatic rings. The van der Waals surface area contributed by atoms with Gasteiger partial charge in [-0.25, -0.2) is 4.79 Å². The fraction of sp³-hybridized carbons (Fsp3) is 0.0968. The Kier molecular flexibility index (Phi) is 10.5. The zero-order valence-electron chi connectivity index (χ0n) is 22.0. The number of thioether (sulfide) groups is 1. The maximum Gasteiger partial charge on any atom is 0.412 e. The molecular weight excluding hydrogens is 653 g/mol. The number of phenols is 1. The third kappa shape index (κ3) is 8.66. The topological polar surface area (TPSA) is 123 Å². The minimum absolute atomic E-state index is 0.0934. The van der Waals surface area contributed by atoms with E-state index in [1.165, 1.54) is 18.2 Å². The van der Waals surface area contributed by atoms with E-state index < -0.39 is 24.2 Å². The van der Waals surface area contributed by atoms with Gasteiger partial charge < -0.3 is 25.6 Å². The molecular formula is C31H28IN3O5S. The summed E-state index contributed by atoms with van der Waals surface area (Å²) in [4.78, 5) is 27.0. The van der Waals surface area contributed by atoms with Crippen LogP contribution in [0.2, 0.25) is 0 Å². The Balaban J connectivity index is 1.66. The van der Waals surface area contributed by atoms with Gasteiger partial charge in [-0.1, -0.05) is 30.3 Å². The molecule has 0 aliphatic carbocycles. The lowest BCUT2D eigenvalue weighted by Crippen LogP contribution is -2.30. The van der Waals surface area contributed by atoms with Gasteiger partial charge in [0.2, 0.25) is 5.91 Å². The Labute approximate surface area is 256 Å². The molecule has 4 aromatic carbocycles. The lowest BCUT2D eigenvalue weighted by atomic mass is 10.0. The number of hydrogen-bond acceptors (Lipinski definition) is 7. The molecule has 4 aromatic rings. The lowest BCUT2D eigenvalue weighted by Gasteiger charge is -2.27. The summed E-state index contributed by atoms with van der Waals surface area (Å²) in [6, 6.07) is 28.0. The molecule has 5 N–H and O–H groups in total. The number of anilines is 3. The van der Waals surface area contributed by atoms with Gasteiger partial charge in [0.15, 0.2) is 12.2 Å². The number of phenolic OH excluding ortho intramolecular Hbond substituents is 1. The predicted octanol–water partition coefficient (Wildman–Crippen LogP) is 7.23. The summed E-state index contributed by atoms with van der Waals surface area (Å²) in [5.41, 5.74) is 7.67. The number of nitrogens with one attached hydrogen (secondary N) is 2.